The molecule has 2 aromatic rings. The Labute approximate surface area is 192 Å². The molecule has 1 unspecified atom stereocenters. The zero-order valence-corrected chi connectivity index (χ0v) is 19.4. The molecule has 0 aromatic heterocycles. The molecule has 32 heavy (non-hydrogen) atoms. The maximum atomic E-state index is 13.2. The van der Waals surface area contributed by atoms with E-state index in [1.807, 2.05) is 6.07 Å². The van der Waals surface area contributed by atoms with E-state index in [1.54, 1.807) is 50.2 Å². The topological polar surface area (TPSA) is 111 Å². The highest BCUT2D eigenvalue weighted by molar-refractivity contribution is 7.99. The summed E-state index contributed by atoms with van der Waals surface area (Å²) in [6, 6.07) is 13.7. The van der Waals surface area contributed by atoms with Gasteiger partial charge in [0.1, 0.15) is 6.04 Å². The molecule has 2 aromatic carbocycles. The summed E-state index contributed by atoms with van der Waals surface area (Å²) in [7, 11) is -3.70. The summed E-state index contributed by atoms with van der Waals surface area (Å²) in [6.07, 6.45) is 0. The van der Waals surface area contributed by atoms with Gasteiger partial charge in [-0.15, -0.1) is 11.8 Å². The van der Waals surface area contributed by atoms with Gasteiger partial charge in [0, 0.05) is 30.1 Å². The number of hydrogen-bond acceptors (Lipinski definition) is 6. The van der Waals surface area contributed by atoms with Crippen molar-refractivity contribution in [1.82, 2.24) is 9.21 Å². The first-order chi connectivity index (χ1) is 15.3. The lowest BCUT2D eigenvalue weighted by Crippen LogP contribution is -2.44. The van der Waals surface area contributed by atoms with Crippen LogP contribution in [0, 0.1) is 11.3 Å². The van der Waals surface area contributed by atoms with Crippen LogP contribution in [0.4, 0.5) is 5.69 Å². The lowest BCUT2D eigenvalue weighted by molar-refractivity contribution is -0.119. The van der Waals surface area contributed by atoms with Crippen molar-refractivity contribution in [3.63, 3.8) is 0 Å². The van der Waals surface area contributed by atoms with E-state index in [-0.39, 0.29) is 16.4 Å². The monoisotopic (exact) mass is 472 g/mol. The number of amides is 2. The molecule has 0 aliphatic carbocycles. The number of nitrogens with zero attached hydrogens (tertiary/aromatic N) is 3. The van der Waals surface area contributed by atoms with Crippen LogP contribution in [0.25, 0.3) is 0 Å². The summed E-state index contributed by atoms with van der Waals surface area (Å²) in [5, 5.41) is 11.7. The smallest absolute Gasteiger partial charge is 0.255 e. The van der Waals surface area contributed by atoms with Crippen LogP contribution < -0.4 is 5.32 Å². The van der Waals surface area contributed by atoms with E-state index in [4.69, 9.17) is 5.26 Å². The zero-order chi connectivity index (χ0) is 23.3. The molecule has 0 radical (unpaired) electrons. The average molecular weight is 473 g/mol. The van der Waals surface area contributed by atoms with Crippen LogP contribution in [0.15, 0.2) is 53.4 Å². The number of anilines is 1. The third kappa shape index (κ3) is 4.96. The van der Waals surface area contributed by atoms with Crippen LogP contribution in [0.2, 0.25) is 0 Å². The van der Waals surface area contributed by atoms with E-state index >= 15 is 0 Å². The number of thioether (sulfide) groups is 1. The number of benzene rings is 2. The van der Waals surface area contributed by atoms with Gasteiger partial charge in [0.15, 0.2) is 0 Å². The second kappa shape index (κ2) is 10.2. The first kappa shape index (κ1) is 23.8. The minimum Gasteiger partial charge on any atom is -0.324 e. The number of carbonyl (C=O) groups is 2. The van der Waals surface area contributed by atoms with E-state index in [0.717, 1.165) is 0 Å². The second-order valence-corrected chi connectivity index (χ2v) is 10.0. The Morgan fingerprint density at radius 1 is 1.19 bits per heavy atom. The standard InChI is InChI=1S/C22H24N4O4S2/c1-3-25(4-2)32(29,30)19-7-5-6-17(12-19)22(28)26-15-31-14-20(26)21(27)24-18-10-8-16(13-23)9-11-18/h5-12,20H,3-4,14-15H2,1-2H3,(H,24,27). The zero-order valence-electron chi connectivity index (χ0n) is 17.8. The quantitative estimate of drug-likeness (QED) is 0.663. The van der Waals surface area contributed by atoms with Gasteiger partial charge in [-0.3, -0.25) is 9.59 Å². The number of carbonyl (C=O) groups excluding carboxylic acids is 2. The molecule has 10 heteroatoms. The van der Waals surface area contributed by atoms with Crippen LogP contribution in [0.1, 0.15) is 29.8 Å². The molecule has 168 valence electrons. The molecule has 1 aliphatic rings. The molecule has 1 aliphatic heterocycles. The normalized spacial score (nSPS) is 16.1. The highest BCUT2D eigenvalue weighted by Crippen LogP contribution is 2.26. The Balaban J connectivity index is 1.79. The molecule has 1 heterocycles. The number of nitriles is 1. The lowest BCUT2D eigenvalue weighted by atomic mass is 10.1. The minimum absolute atomic E-state index is 0.0532. The van der Waals surface area contributed by atoms with E-state index in [0.29, 0.717) is 36.0 Å². The average Bonchev–Trinajstić information content (AvgIpc) is 3.30. The van der Waals surface area contributed by atoms with Gasteiger partial charge in [-0.1, -0.05) is 19.9 Å². The number of hydrogen-bond donors (Lipinski definition) is 1. The van der Waals surface area contributed by atoms with E-state index < -0.39 is 22.0 Å². The number of rotatable bonds is 7. The van der Waals surface area contributed by atoms with Gasteiger partial charge >= 0.3 is 0 Å². The van der Waals surface area contributed by atoms with Crippen LogP contribution in [0.3, 0.4) is 0 Å². The highest BCUT2D eigenvalue weighted by atomic mass is 32.2. The van der Waals surface area contributed by atoms with Gasteiger partial charge < -0.3 is 10.2 Å². The number of sulfonamides is 1. The number of nitrogens with one attached hydrogen (secondary N) is 1. The summed E-state index contributed by atoms with van der Waals surface area (Å²) in [5.41, 5.74) is 1.23. The van der Waals surface area contributed by atoms with Crippen molar-refractivity contribution in [2.45, 2.75) is 24.8 Å². The van der Waals surface area contributed by atoms with Gasteiger partial charge in [0.2, 0.25) is 15.9 Å². The van der Waals surface area contributed by atoms with Crippen molar-refractivity contribution >= 4 is 39.3 Å². The molecule has 0 saturated carbocycles. The Hall–Kier alpha value is -2.87. The van der Waals surface area contributed by atoms with Crippen LogP contribution in [-0.2, 0) is 14.8 Å². The third-order valence-corrected chi connectivity index (χ3v) is 8.21. The molecule has 1 fully saturated rings. The summed E-state index contributed by atoms with van der Waals surface area (Å²) >= 11 is 1.45. The summed E-state index contributed by atoms with van der Waals surface area (Å²) in [6.45, 7) is 4.18. The molecule has 0 bridgehead atoms. The first-order valence-corrected chi connectivity index (χ1v) is 12.7. The SMILES string of the molecule is CCN(CC)S(=O)(=O)c1cccc(C(=O)N2CSCC2C(=O)Nc2ccc(C#N)cc2)c1. The van der Waals surface area contributed by atoms with Crippen molar-refractivity contribution in [2.24, 2.45) is 0 Å². The molecule has 1 atom stereocenters. The van der Waals surface area contributed by atoms with Crippen LogP contribution in [-0.4, -0.2) is 60.2 Å². The van der Waals surface area contributed by atoms with Crippen molar-refractivity contribution in [2.75, 3.05) is 30.0 Å². The summed E-state index contributed by atoms with van der Waals surface area (Å²) < 4.78 is 27.0. The molecule has 8 nitrogen and oxygen atoms in total. The summed E-state index contributed by atoms with van der Waals surface area (Å²) in [5.74, 6) is 0.0364. The molecule has 3 rings (SSSR count). The molecule has 1 N–H and O–H groups in total. The van der Waals surface area contributed by atoms with E-state index in [2.05, 4.69) is 5.32 Å². The maximum absolute atomic E-state index is 13.2. The molecular weight excluding hydrogens is 448 g/mol. The largest absolute Gasteiger partial charge is 0.324 e. The van der Waals surface area contributed by atoms with E-state index in [9.17, 15) is 18.0 Å². The van der Waals surface area contributed by atoms with Gasteiger partial charge in [0.05, 0.1) is 22.4 Å². The predicted molar refractivity (Wildman–Crippen MR) is 124 cm³/mol. The molecule has 2 amide bonds. The molecule has 0 spiro atoms. The Morgan fingerprint density at radius 3 is 2.50 bits per heavy atom. The van der Waals surface area contributed by atoms with Crippen LogP contribution in [0.5, 0.6) is 0 Å². The fraction of sp³-hybridized carbons (Fsp3) is 0.318. The van der Waals surface area contributed by atoms with Crippen molar-refractivity contribution in [3.05, 3.63) is 59.7 Å². The Bertz CT molecular complexity index is 1140. The van der Waals surface area contributed by atoms with Crippen LogP contribution >= 0.6 is 11.8 Å². The van der Waals surface area contributed by atoms with E-state index in [1.165, 1.54) is 33.1 Å². The maximum Gasteiger partial charge on any atom is 0.255 e. The Kier molecular flexibility index (Phi) is 7.56. The highest BCUT2D eigenvalue weighted by Gasteiger charge is 2.35. The van der Waals surface area contributed by atoms with Gasteiger partial charge in [0.25, 0.3) is 5.91 Å². The van der Waals surface area contributed by atoms with Gasteiger partial charge in [-0.05, 0) is 42.5 Å². The predicted octanol–water partition coefficient (Wildman–Crippen LogP) is 2.74. The lowest BCUT2D eigenvalue weighted by Gasteiger charge is -2.24. The fourth-order valence-electron chi connectivity index (χ4n) is 3.38. The molecule has 1 saturated heterocycles. The van der Waals surface area contributed by atoms with Crippen molar-refractivity contribution in [3.8, 4) is 6.07 Å². The third-order valence-electron chi connectivity index (χ3n) is 5.15. The summed E-state index contributed by atoms with van der Waals surface area (Å²) in [4.78, 5) is 27.5. The fourth-order valence-corrected chi connectivity index (χ4v) is 6.04. The first-order valence-electron chi connectivity index (χ1n) is 10.1. The molecular formula is C22H24N4O4S2. The van der Waals surface area contributed by atoms with Crippen molar-refractivity contribution < 1.29 is 18.0 Å². The van der Waals surface area contributed by atoms with Gasteiger partial charge in [-0.25, -0.2) is 8.42 Å². The minimum atomic E-state index is -3.70. The van der Waals surface area contributed by atoms with Crippen molar-refractivity contribution in [1.29, 1.82) is 5.26 Å². The second-order valence-electron chi connectivity index (χ2n) is 7.09. The van der Waals surface area contributed by atoms with Gasteiger partial charge in [-0.2, -0.15) is 9.57 Å². The Morgan fingerprint density at radius 2 is 1.88 bits per heavy atom.